The number of halogens is 3. The van der Waals surface area contributed by atoms with Crippen LogP contribution in [0.2, 0.25) is 0 Å². The molecule has 1 aliphatic heterocycles. The zero-order chi connectivity index (χ0) is 17.8. The summed E-state index contributed by atoms with van der Waals surface area (Å²) in [6, 6.07) is 5.16. The number of nitrogens with two attached hydrogens (primary N) is 1. The molecular formula is C14H10F3N7S. The molecule has 0 radical (unpaired) electrons. The third kappa shape index (κ3) is 2.45. The highest BCUT2D eigenvalue weighted by molar-refractivity contribution is 7.16. The van der Waals surface area contributed by atoms with E-state index in [1.165, 1.54) is 17.4 Å². The third-order valence-electron chi connectivity index (χ3n) is 4.02. The molecular weight excluding hydrogens is 355 g/mol. The molecule has 0 atom stereocenters. The predicted octanol–water partition coefficient (Wildman–Crippen LogP) is 2.22. The zero-order valence-electron chi connectivity index (χ0n) is 12.6. The molecule has 0 saturated heterocycles. The summed E-state index contributed by atoms with van der Waals surface area (Å²) in [5.74, 6) is -0.775. The number of nitrogens with zero attached hydrogens (tertiary/aromatic N) is 6. The van der Waals surface area contributed by atoms with Gasteiger partial charge in [-0.05, 0) is 24.1 Å². The number of hydrogen-bond donors (Lipinski definition) is 1. The van der Waals surface area contributed by atoms with E-state index in [4.69, 9.17) is 5.73 Å². The van der Waals surface area contributed by atoms with Crippen molar-refractivity contribution in [3.05, 3.63) is 34.0 Å². The predicted molar refractivity (Wildman–Crippen MR) is 84.0 cm³/mol. The Hall–Kier alpha value is -2.87. The summed E-state index contributed by atoms with van der Waals surface area (Å²) in [5, 5.41) is 20.4. The normalized spacial score (nSPS) is 14.6. The minimum absolute atomic E-state index is 0.0286. The fraction of sp³-hybridized carbons (Fsp3) is 0.286. The molecule has 128 valence electrons. The van der Waals surface area contributed by atoms with Crippen LogP contribution in [0.3, 0.4) is 0 Å². The highest BCUT2D eigenvalue weighted by Gasteiger charge is 2.38. The molecule has 7 nitrogen and oxygen atoms in total. The van der Waals surface area contributed by atoms with Crippen LogP contribution in [0.25, 0.3) is 5.65 Å². The molecule has 3 aromatic rings. The molecule has 3 aromatic heterocycles. The summed E-state index contributed by atoms with van der Waals surface area (Å²) in [6.45, 7) is 0.966. The van der Waals surface area contributed by atoms with Crippen molar-refractivity contribution in [2.45, 2.75) is 19.1 Å². The second-order valence-electron chi connectivity index (χ2n) is 5.51. The standard InChI is InChI=1S/C14H10F3N7S/c15-14(16,17)13-21-20-10-1-2-11(22-24(10)13)23-4-3-7-8(5-18)12(19)25-9(7)6-23/h1-2H,3-4,6,19H2. The first kappa shape index (κ1) is 15.6. The van der Waals surface area contributed by atoms with E-state index in [-0.39, 0.29) is 5.65 Å². The molecule has 25 heavy (non-hydrogen) atoms. The molecule has 2 N–H and O–H groups in total. The fourth-order valence-electron chi connectivity index (χ4n) is 2.87. The van der Waals surface area contributed by atoms with E-state index < -0.39 is 12.0 Å². The lowest BCUT2D eigenvalue weighted by atomic mass is 10.0. The number of alkyl halides is 3. The molecule has 0 bridgehead atoms. The molecule has 0 spiro atoms. The number of rotatable bonds is 1. The monoisotopic (exact) mass is 365 g/mol. The van der Waals surface area contributed by atoms with Crippen LogP contribution in [-0.2, 0) is 19.1 Å². The molecule has 0 fully saturated rings. The van der Waals surface area contributed by atoms with Crippen molar-refractivity contribution in [1.29, 1.82) is 5.26 Å². The number of nitriles is 1. The van der Waals surface area contributed by atoms with Crippen molar-refractivity contribution in [3.8, 4) is 6.07 Å². The van der Waals surface area contributed by atoms with Crippen molar-refractivity contribution in [2.24, 2.45) is 0 Å². The molecule has 4 heterocycles. The van der Waals surface area contributed by atoms with Crippen LogP contribution in [-0.4, -0.2) is 26.4 Å². The third-order valence-corrected chi connectivity index (χ3v) is 5.07. The Balaban J connectivity index is 1.72. The number of fused-ring (bicyclic) bond motifs is 2. The quantitative estimate of drug-likeness (QED) is 0.710. The van der Waals surface area contributed by atoms with Crippen LogP contribution in [0.15, 0.2) is 12.1 Å². The van der Waals surface area contributed by atoms with Gasteiger partial charge in [0.05, 0.1) is 12.1 Å². The van der Waals surface area contributed by atoms with Crippen molar-refractivity contribution in [3.63, 3.8) is 0 Å². The first-order chi connectivity index (χ1) is 11.9. The molecule has 4 rings (SSSR count). The van der Waals surface area contributed by atoms with E-state index in [1.807, 2.05) is 4.90 Å². The van der Waals surface area contributed by atoms with Crippen molar-refractivity contribution < 1.29 is 13.2 Å². The van der Waals surface area contributed by atoms with Gasteiger partial charge in [-0.3, -0.25) is 0 Å². The molecule has 1 aliphatic rings. The summed E-state index contributed by atoms with van der Waals surface area (Å²) in [4.78, 5) is 2.78. The summed E-state index contributed by atoms with van der Waals surface area (Å²) in [7, 11) is 0. The Kier molecular flexibility index (Phi) is 3.33. The van der Waals surface area contributed by atoms with Crippen LogP contribution >= 0.6 is 11.3 Å². The number of nitrogen functional groups attached to an aromatic ring is 1. The summed E-state index contributed by atoms with van der Waals surface area (Å²) in [6.07, 6.45) is -4.05. The number of hydrogen-bond acceptors (Lipinski definition) is 7. The van der Waals surface area contributed by atoms with E-state index in [2.05, 4.69) is 21.4 Å². The lowest BCUT2D eigenvalue weighted by Gasteiger charge is -2.27. The molecule has 0 unspecified atom stereocenters. The Morgan fingerprint density at radius 2 is 2.08 bits per heavy atom. The highest BCUT2D eigenvalue weighted by Crippen LogP contribution is 2.36. The maximum absolute atomic E-state index is 13.0. The van der Waals surface area contributed by atoms with Gasteiger partial charge < -0.3 is 10.6 Å². The topological polar surface area (TPSA) is 96.1 Å². The van der Waals surface area contributed by atoms with E-state index in [0.29, 0.717) is 40.4 Å². The smallest absolute Gasteiger partial charge is 0.389 e. The minimum Gasteiger partial charge on any atom is -0.389 e. The summed E-state index contributed by atoms with van der Waals surface area (Å²) < 4.78 is 39.7. The largest absolute Gasteiger partial charge is 0.453 e. The van der Waals surface area contributed by atoms with Gasteiger partial charge in [0.15, 0.2) is 5.65 Å². The average molecular weight is 365 g/mol. The van der Waals surface area contributed by atoms with Gasteiger partial charge in [-0.1, -0.05) is 0 Å². The van der Waals surface area contributed by atoms with Gasteiger partial charge >= 0.3 is 6.18 Å². The number of anilines is 2. The van der Waals surface area contributed by atoms with Gasteiger partial charge in [-0.2, -0.15) is 22.9 Å². The first-order valence-electron chi connectivity index (χ1n) is 7.23. The second kappa shape index (κ2) is 5.32. The second-order valence-corrected chi connectivity index (χ2v) is 6.65. The van der Waals surface area contributed by atoms with E-state index in [1.54, 1.807) is 6.07 Å². The first-order valence-corrected chi connectivity index (χ1v) is 8.05. The summed E-state index contributed by atoms with van der Waals surface area (Å²) >= 11 is 1.33. The molecule has 0 aliphatic carbocycles. The van der Waals surface area contributed by atoms with Gasteiger partial charge in [0.25, 0.3) is 5.82 Å². The zero-order valence-corrected chi connectivity index (χ0v) is 13.4. The molecule has 11 heteroatoms. The Labute approximate surface area is 143 Å². The lowest BCUT2D eigenvalue weighted by Crippen LogP contribution is -2.31. The van der Waals surface area contributed by atoms with Crippen LogP contribution in [0.4, 0.5) is 24.0 Å². The van der Waals surface area contributed by atoms with E-state index in [9.17, 15) is 18.4 Å². The van der Waals surface area contributed by atoms with Crippen LogP contribution < -0.4 is 10.6 Å². The van der Waals surface area contributed by atoms with E-state index in [0.717, 1.165) is 10.4 Å². The Bertz CT molecular complexity index is 1010. The Morgan fingerprint density at radius 1 is 1.28 bits per heavy atom. The van der Waals surface area contributed by atoms with Crippen molar-refractivity contribution in [1.82, 2.24) is 19.8 Å². The average Bonchev–Trinajstić information content (AvgIpc) is 3.12. The molecule has 0 aromatic carbocycles. The van der Waals surface area contributed by atoms with Gasteiger partial charge in [-0.25, -0.2) is 0 Å². The lowest BCUT2D eigenvalue weighted by molar-refractivity contribution is -0.146. The van der Waals surface area contributed by atoms with E-state index >= 15 is 0 Å². The fourth-order valence-corrected chi connectivity index (χ4v) is 3.95. The molecule has 0 amide bonds. The number of aromatic nitrogens is 4. The van der Waals surface area contributed by atoms with Crippen LogP contribution in [0.5, 0.6) is 0 Å². The van der Waals surface area contributed by atoms with Gasteiger partial charge in [0, 0.05) is 11.4 Å². The number of thiophene rings is 1. The molecule has 0 saturated carbocycles. The highest BCUT2D eigenvalue weighted by atomic mass is 32.1. The van der Waals surface area contributed by atoms with Crippen molar-refractivity contribution in [2.75, 3.05) is 17.2 Å². The minimum atomic E-state index is -4.63. The van der Waals surface area contributed by atoms with Gasteiger partial charge in [0.2, 0.25) is 0 Å². The van der Waals surface area contributed by atoms with Gasteiger partial charge in [0.1, 0.15) is 16.9 Å². The van der Waals surface area contributed by atoms with Gasteiger partial charge in [-0.15, -0.1) is 26.6 Å². The maximum atomic E-state index is 13.0. The van der Waals surface area contributed by atoms with Crippen LogP contribution in [0.1, 0.15) is 21.8 Å². The summed E-state index contributed by atoms with van der Waals surface area (Å²) in [5.41, 5.74) is 7.31. The van der Waals surface area contributed by atoms with Crippen molar-refractivity contribution >= 4 is 27.8 Å². The maximum Gasteiger partial charge on any atom is 0.453 e. The Morgan fingerprint density at radius 3 is 2.80 bits per heavy atom. The van der Waals surface area contributed by atoms with Crippen LogP contribution in [0, 0.1) is 11.3 Å². The SMILES string of the molecule is N#Cc1c(N)sc2c1CCN(c1ccc3nnc(C(F)(F)F)n3n1)C2.